The van der Waals surface area contributed by atoms with E-state index in [1.54, 1.807) is 18.6 Å². The van der Waals surface area contributed by atoms with Crippen LogP contribution in [0.25, 0.3) is 0 Å². The van der Waals surface area contributed by atoms with Crippen LogP contribution in [0, 0.1) is 11.2 Å². The third-order valence-corrected chi connectivity index (χ3v) is 4.76. The Hall–Kier alpha value is -3.08. The minimum Gasteiger partial charge on any atom is -0.508 e. The maximum absolute atomic E-state index is 11.1. The summed E-state index contributed by atoms with van der Waals surface area (Å²) < 4.78 is 1.96. The number of benzene rings is 1. The predicted octanol–water partition coefficient (Wildman–Crippen LogP) is 3.09. The van der Waals surface area contributed by atoms with Crippen molar-refractivity contribution in [1.82, 2.24) is 9.78 Å². The number of aromatic hydroxyl groups is 1. The van der Waals surface area contributed by atoms with Gasteiger partial charge in [0.15, 0.2) is 6.29 Å². The molecule has 1 fully saturated rings. The van der Waals surface area contributed by atoms with Gasteiger partial charge in [-0.3, -0.25) is 9.48 Å². The minimum absolute atomic E-state index is 0.0341. The molecule has 1 aliphatic rings. The summed E-state index contributed by atoms with van der Waals surface area (Å²) in [5, 5.41) is 22.9. The van der Waals surface area contributed by atoms with Crippen LogP contribution in [0.5, 0.6) is 5.75 Å². The van der Waals surface area contributed by atoms with Gasteiger partial charge >= 0.3 is 0 Å². The van der Waals surface area contributed by atoms with Crippen LogP contribution in [0.4, 0.5) is 11.4 Å². The van der Waals surface area contributed by atoms with Gasteiger partial charge in [0.2, 0.25) is 0 Å². The summed E-state index contributed by atoms with van der Waals surface area (Å²) in [6.45, 7) is 0.174. The number of aldehydes is 1. The SMILES string of the molecule is CN(C=Nc1ccc(O)cc1C=O)c1cnn(C2CCB(C#N)CC2)c1. The first-order chi connectivity index (χ1) is 12.6. The molecule has 2 aromatic rings. The molecule has 0 unspecified atom stereocenters. The number of rotatable bonds is 5. The Bertz CT molecular complexity index is 850. The number of aromatic nitrogens is 2. The fourth-order valence-electron chi connectivity index (χ4n) is 3.15. The first-order valence-corrected chi connectivity index (χ1v) is 8.59. The number of nitrogens with zero attached hydrogens (tertiary/aromatic N) is 5. The van der Waals surface area contributed by atoms with Crippen LogP contribution >= 0.6 is 0 Å². The average Bonchev–Trinajstić information content (AvgIpc) is 3.17. The highest BCUT2D eigenvalue weighted by Gasteiger charge is 2.25. The summed E-state index contributed by atoms with van der Waals surface area (Å²) in [5.74, 6) is 2.38. The van der Waals surface area contributed by atoms with Crippen LogP contribution < -0.4 is 4.90 Å². The van der Waals surface area contributed by atoms with E-state index in [0.29, 0.717) is 23.6 Å². The molecule has 1 aromatic carbocycles. The van der Waals surface area contributed by atoms with E-state index < -0.39 is 0 Å². The van der Waals surface area contributed by atoms with Crippen molar-refractivity contribution < 1.29 is 9.90 Å². The molecule has 132 valence electrons. The zero-order valence-corrected chi connectivity index (χ0v) is 14.6. The number of carbonyl (C=O) groups excluding carboxylic acids is 1. The van der Waals surface area contributed by atoms with Crippen LogP contribution in [0.15, 0.2) is 35.6 Å². The Labute approximate surface area is 152 Å². The lowest BCUT2D eigenvalue weighted by Crippen LogP contribution is -2.22. The molecule has 1 saturated heterocycles. The first kappa shape index (κ1) is 17.7. The normalized spacial score (nSPS) is 15.2. The fraction of sp³-hybridized carbons (Fsp3) is 0.333. The third kappa shape index (κ3) is 3.94. The van der Waals surface area contributed by atoms with Gasteiger partial charge in [0.25, 0.3) is 6.71 Å². The lowest BCUT2D eigenvalue weighted by molar-refractivity contribution is 0.112. The summed E-state index contributed by atoms with van der Waals surface area (Å²) in [4.78, 5) is 17.2. The number of hydrogen-bond donors (Lipinski definition) is 1. The molecule has 7 nitrogen and oxygen atoms in total. The van der Waals surface area contributed by atoms with Crippen LogP contribution in [-0.4, -0.2) is 41.3 Å². The lowest BCUT2D eigenvalue weighted by Gasteiger charge is -2.23. The van der Waals surface area contributed by atoms with Gasteiger partial charge in [-0.1, -0.05) is 12.6 Å². The van der Waals surface area contributed by atoms with Crippen molar-refractivity contribution in [3.8, 4) is 11.7 Å². The van der Waals surface area contributed by atoms with Gasteiger partial charge in [-0.25, -0.2) is 10.3 Å². The van der Waals surface area contributed by atoms with Gasteiger partial charge in [0, 0.05) is 24.8 Å². The van der Waals surface area contributed by atoms with Crippen LogP contribution in [0.3, 0.4) is 0 Å². The van der Waals surface area contributed by atoms with Crippen LogP contribution in [0.1, 0.15) is 29.2 Å². The summed E-state index contributed by atoms with van der Waals surface area (Å²) in [6.07, 6.45) is 9.81. The van der Waals surface area contributed by atoms with E-state index in [4.69, 9.17) is 5.26 Å². The van der Waals surface area contributed by atoms with Crippen molar-refractivity contribution in [1.29, 1.82) is 5.26 Å². The standard InChI is InChI=1S/C18H20BN5O2/c1-23(13-21-18-3-2-17(26)8-14(18)11-25)16-9-22-24(10-16)15-4-6-19(12-20)7-5-15/h2-3,8-11,13,15,26H,4-7H2,1H3. The van der Waals surface area contributed by atoms with Gasteiger partial charge in [0.1, 0.15) is 5.75 Å². The number of nitriles is 1. The molecule has 0 spiro atoms. The Morgan fingerprint density at radius 2 is 2.23 bits per heavy atom. The monoisotopic (exact) mass is 349 g/mol. The Morgan fingerprint density at radius 3 is 2.92 bits per heavy atom. The van der Waals surface area contributed by atoms with E-state index in [0.717, 1.165) is 31.2 Å². The second-order valence-corrected chi connectivity index (χ2v) is 6.53. The third-order valence-electron chi connectivity index (χ3n) is 4.76. The second kappa shape index (κ2) is 7.87. The van der Waals surface area contributed by atoms with Crippen LogP contribution in [-0.2, 0) is 0 Å². The van der Waals surface area contributed by atoms with E-state index in [2.05, 4.69) is 16.1 Å². The molecular formula is C18H20BN5O2. The molecule has 0 atom stereocenters. The van der Waals surface area contributed by atoms with E-state index in [1.807, 2.05) is 22.8 Å². The van der Waals surface area contributed by atoms with Gasteiger partial charge < -0.3 is 10.0 Å². The zero-order chi connectivity index (χ0) is 18.5. The predicted molar refractivity (Wildman–Crippen MR) is 102 cm³/mol. The highest BCUT2D eigenvalue weighted by atomic mass is 16.3. The molecule has 1 aliphatic heterocycles. The molecule has 0 amide bonds. The topological polar surface area (TPSA) is 94.5 Å². The summed E-state index contributed by atoms with van der Waals surface area (Å²) in [7, 11) is 1.86. The van der Waals surface area contributed by atoms with Crippen molar-refractivity contribution >= 4 is 30.7 Å². The summed E-state index contributed by atoms with van der Waals surface area (Å²) in [5.41, 5.74) is 1.72. The smallest absolute Gasteiger partial charge is 0.268 e. The van der Waals surface area contributed by atoms with Crippen molar-refractivity contribution in [3.63, 3.8) is 0 Å². The molecule has 26 heavy (non-hydrogen) atoms. The van der Waals surface area contributed by atoms with E-state index in [-0.39, 0.29) is 12.5 Å². The van der Waals surface area contributed by atoms with Gasteiger partial charge in [-0.2, -0.15) is 5.10 Å². The first-order valence-electron chi connectivity index (χ1n) is 8.59. The van der Waals surface area contributed by atoms with E-state index in [1.165, 1.54) is 12.1 Å². The maximum Gasteiger partial charge on any atom is 0.268 e. The molecule has 1 N–H and O–H groups in total. The van der Waals surface area contributed by atoms with Crippen molar-refractivity contribution in [2.45, 2.75) is 31.5 Å². The number of hydrogen-bond acceptors (Lipinski definition) is 5. The molecule has 1 aromatic heterocycles. The van der Waals surface area contributed by atoms with Crippen molar-refractivity contribution in [3.05, 3.63) is 36.2 Å². The van der Waals surface area contributed by atoms with Crippen molar-refractivity contribution in [2.24, 2.45) is 4.99 Å². The minimum atomic E-state index is 0.0341. The highest BCUT2D eigenvalue weighted by Crippen LogP contribution is 2.29. The number of anilines is 1. The number of phenolic OH excluding ortho intramolecular Hbond substituents is 1. The van der Waals surface area contributed by atoms with Gasteiger partial charge in [-0.05, 0) is 31.0 Å². The van der Waals surface area contributed by atoms with E-state index >= 15 is 0 Å². The molecule has 2 heterocycles. The molecule has 0 saturated carbocycles. The molecule has 0 radical (unpaired) electrons. The van der Waals surface area contributed by atoms with Crippen molar-refractivity contribution in [2.75, 3.05) is 11.9 Å². The van der Waals surface area contributed by atoms with E-state index in [9.17, 15) is 9.90 Å². The molecular weight excluding hydrogens is 329 g/mol. The Kier molecular flexibility index (Phi) is 5.37. The number of aliphatic imine (C=N–C) groups is 1. The average molecular weight is 349 g/mol. The zero-order valence-electron chi connectivity index (χ0n) is 14.6. The quantitative estimate of drug-likeness (QED) is 0.387. The summed E-state index contributed by atoms with van der Waals surface area (Å²) >= 11 is 0. The number of carbonyl (C=O) groups is 1. The van der Waals surface area contributed by atoms with Gasteiger partial charge in [-0.15, -0.1) is 0 Å². The Balaban J connectivity index is 1.68. The Morgan fingerprint density at radius 1 is 1.46 bits per heavy atom. The second-order valence-electron chi connectivity index (χ2n) is 6.53. The molecule has 0 aliphatic carbocycles. The molecule has 8 heteroatoms. The van der Waals surface area contributed by atoms with Gasteiger partial charge in [0.05, 0.1) is 30.0 Å². The fourth-order valence-corrected chi connectivity index (χ4v) is 3.15. The molecule has 0 bridgehead atoms. The lowest BCUT2D eigenvalue weighted by atomic mass is 9.42. The number of phenols is 1. The largest absolute Gasteiger partial charge is 0.508 e. The molecule has 3 rings (SSSR count). The highest BCUT2D eigenvalue weighted by molar-refractivity contribution is 6.67. The maximum atomic E-state index is 11.1. The van der Waals surface area contributed by atoms with Crippen LogP contribution in [0.2, 0.25) is 12.6 Å². The summed E-state index contributed by atoms with van der Waals surface area (Å²) in [6, 6.07) is 4.81.